The van der Waals surface area contributed by atoms with Gasteiger partial charge in [-0.1, -0.05) is 18.2 Å². The van der Waals surface area contributed by atoms with E-state index in [1.165, 1.54) is 53.6 Å². The van der Waals surface area contributed by atoms with E-state index >= 15 is 0 Å². The summed E-state index contributed by atoms with van der Waals surface area (Å²) in [6.45, 7) is 2.75. The van der Waals surface area contributed by atoms with Crippen molar-refractivity contribution >= 4 is 5.65 Å². The fraction of sp³-hybridized carbons (Fsp3) is 0.350. The molecule has 0 atom stereocenters. The number of benzene rings is 1. The van der Waals surface area contributed by atoms with Gasteiger partial charge in [0.25, 0.3) is 0 Å². The molecule has 2 aromatic heterocycles. The van der Waals surface area contributed by atoms with E-state index < -0.39 is 0 Å². The molecule has 0 fully saturated rings. The van der Waals surface area contributed by atoms with Crippen LogP contribution in [0, 0.1) is 6.92 Å². The van der Waals surface area contributed by atoms with Crippen LogP contribution < -0.4 is 5.73 Å². The van der Waals surface area contributed by atoms with E-state index in [1.807, 2.05) is 0 Å². The number of nitrogens with two attached hydrogens (primary N) is 1. The van der Waals surface area contributed by atoms with Gasteiger partial charge in [0.2, 0.25) is 0 Å². The Bertz CT molecular complexity index is 861. The van der Waals surface area contributed by atoms with Gasteiger partial charge < -0.3 is 5.73 Å². The summed E-state index contributed by atoms with van der Waals surface area (Å²) in [6, 6.07) is 11.2. The number of aryl methyl sites for hydroxylation is 3. The molecule has 0 bridgehead atoms. The van der Waals surface area contributed by atoms with Gasteiger partial charge in [-0.25, -0.2) is 4.98 Å². The summed E-state index contributed by atoms with van der Waals surface area (Å²) in [6.07, 6.45) is 8.03. The van der Waals surface area contributed by atoms with E-state index in [1.54, 1.807) is 0 Å². The van der Waals surface area contributed by atoms with Crippen LogP contribution in [-0.4, -0.2) is 15.9 Å². The number of hydrogen-bond acceptors (Lipinski definition) is 2. The first kappa shape index (κ1) is 14.5. The Labute approximate surface area is 137 Å². The molecule has 23 heavy (non-hydrogen) atoms. The van der Waals surface area contributed by atoms with Crippen LogP contribution in [0.1, 0.15) is 35.2 Å². The molecular formula is C20H23N3. The van der Waals surface area contributed by atoms with Crippen LogP contribution in [0.4, 0.5) is 0 Å². The van der Waals surface area contributed by atoms with Crippen LogP contribution in [0.5, 0.6) is 0 Å². The van der Waals surface area contributed by atoms with E-state index in [0.29, 0.717) is 6.54 Å². The van der Waals surface area contributed by atoms with Crippen molar-refractivity contribution < 1.29 is 0 Å². The van der Waals surface area contributed by atoms with Gasteiger partial charge in [0.15, 0.2) is 0 Å². The Morgan fingerprint density at radius 2 is 1.91 bits per heavy atom. The molecule has 0 saturated carbocycles. The lowest BCUT2D eigenvalue weighted by Crippen LogP contribution is -2.05. The predicted molar refractivity (Wildman–Crippen MR) is 94.8 cm³/mol. The van der Waals surface area contributed by atoms with Crippen LogP contribution in [0.3, 0.4) is 0 Å². The first-order chi connectivity index (χ1) is 11.3. The molecule has 118 valence electrons. The minimum atomic E-state index is 0.626. The molecule has 0 aliphatic heterocycles. The molecule has 1 aliphatic rings. The van der Waals surface area contributed by atoms with Crippen molar-refractivity contribution in [1.82, 2.24) is 9.38 Å². The number of nitrogens with zero attached hydrogens (tertiary/aromatic N) is 2. The van der Waals surface area contributed by atoms with Gasteiger partial charge in [0.1, 0.15) is 5.65 Å². The van der Waals surface area contributed by atoms with Gasteiger partial charge >= 0.3 is 0 Å². The topological polar surface area (TPSA) is 43.3 Å². The molecule has 3 heteroatoms. The smallest absolute Gasteiger partial charge is 0.137 e. The van der Waals surface area contributed by atoms with Crippen LogP contribution in [0.15, 0.2) is 36.5 Å². The molecule has 0 radical (unpaired) electrons. The second-order valence-corrected chi connectivity index (χ2v) is 6.57. The number of imidazole rings is 1. The minimum absolute atomic E-state index is 0.626. The Morgan fingerprint density at radius 3 is 2.74 bits per heavy atom. The first-order valence-electron chi connectivity index (χ1n) is 8.56. The monoisotopic (exact) mass is 305 g/mol. The van der Waals surface area contributed by atoms with Crippen LogP contribution in [0.2, 0.25) is 0 Å². The third-order valence-corrected chi connectivity index (χ3v) is 4.84. The summed E-state index contributed by atoms with van der Waals surface area (Å²) in [4.78, 5) is 4.81. The van der Waals surface area contributed by atoms with E-state index in [-0.39, 0.29) is 0 Å². The number of aromatic nitrogens is 2. The quantitative estimate of drug-likeness (QED) is 0.802. The van der Waals surface area contributed by atoms with Gasteiger partial charge in [-0.2, -0.15) is 0 Å². The third-order valence-electron chi connectivity index (χ3n) is 4.84. The number of hydrogen-bond donors (Lipinski definition) is 1. The molecule has 1 aromatic carbocycles. The fourth-order valence-electron chi connectivity index (χ4n) is 3.70. The second kappa shape index (κ2) is 5.82. The highest BCUT2D eigenvalue weighted by Gasteiger charge is 2.16. The highest BCUT2D eigenvalue weighted by molar-refractivity contribution is 5.69. The number of fused-ring (bicyclic) bond motifs is 2. The lowest BCUT2D eigenvalue weighted by atomic mass is 9.89. The van der Waals surface area contributed by atoms with Gasteiger partial charge in [-0.05, 0) is 68.0 Å². The molecular weight excluding hydrogens is 282 g/mol. The molecule has 0 amide bonds. The standard InChI is InChI=1S/C20H23N3/c1-14-6-9-19-22-18(10-11-21)20(23(19)13-14)17-8-7-15-4-2-3-5-16(15)12-17/h6-9,12-13H,2-5,10-11,21H2,1H3. The van der Waals surface area contributed by atoms with Crippen molar-refractivity contribution in [3.63, 3.8) is 0 Å². The van der Waals surface area contributed by atoms with Crippen molar-refractivity contribution in [3.05, 3.63) is 58.9 Å². The molecule has 0 unspecified atom stereocenters. The minimum Gasteiger partial charge on any atom is -0.330 e. The van der Waals surface area contributed by atoms with Crippen molar-refractivity contribution in [1.29, 1.82) is 0 Å². The van der Waals surface area contributed by atoms with E-state index in [4.69, 9.17) is 10.7 Å². The second-order valence-electron chi connectivity index (χ2n) is 6.57. The van der Waals surface area contributed by atoms with Gasteiger partial charge in [0.05, 0.1) is 11.4 Å². The molecule has 2 N–H and O–H groups in total. The maximum atomic E-state index is 5.82. The summed E-state index contributed by atoms with van der Waals surface area (Å²) < 4.78 is 2.23. The fourth-order valence-corrected chi connectivity index (χ4v) is 3.70. The highest BCUT2D eigenvalue weighted by Crippen LogP contribution is 2.30. The maximum Gasteiger partial charge on any atom is 0.137 e. The zero-order valence-electron chi connectivity index (χ0n) is 13.7. The zero-order chi connectivity index (χ0) is 15.8. The highest BCUT2D eigenvalue weighted by atomic mass is 15.0. The Hall–Kier alpha value is -2.13. The van der Waals surface area contributed by atoms with Crippen molar-refractivity contribution in [3.8, 4) is 11.3 Å². The number of pyridine rings is 1. The Kier molecular flexibility index (Phi) is 3.66. The zero-order valence-corrected chi connectivity index (χ0v) is 13.7. The molecule has 4 rings (SSSR count). The van der Waals surface area contributed by atoms with E-state index in [0.717, 1.165) is 17.8 Å². The van der Waals surface area contributed by atoms with Crippen LogP contribution in [-0.2, 0) is 19.3 Å². The SMILES string of the molecule is Cc1ccc2nc(CCN)c(-c3ccc4c(c3)CCCC4)n2c1. The van der Waals surface area contributed by atoms with Crippen LogP contribution in [0.25, 0.3) is 16.9 Å². The van der Waals surface area contributed by atoms with Crippen molar-refractivity contribution in [2.45, 2.75) is 39.0 Å². The summed E-state index contributed by atoms with van der Waals surface area (Å²) >= 11 is 0. The van der Waals surface area contributed by atoms with Crippen molar-refractivity contribution in [2.24, 2.45) is 5.73 Å². The summed E-state index contributed by atoms with van der Waals surface area (Å²) in [5.74, 6) is 0. The van der Waals surface area contributed by atoms with Gasteiger partial charge in [-0.3, -0.25) is 4.40 Å². The third kappa shape index (κ3) is 2.55. The average Bonchev–Trinajstić information content (AvgIpc) is 2.92. The molecule has 1 aliphatic carbocycles. The predicted octanol–water partition coefficient (Wildman–Crippen LogP) is 3.69. The van der Waals surface area contributed by atoms with Crippen molar-refractivity contribution in [2.75, 3.05) is 6.54 Å². The van der Waals surface area contributed by atoms with E-state index in [9.17, 15) is 0 Å². The molecule has 0 saturated heterocycles. The molecule has 3 nitrogen and oxygen atoms in total. The molecule has 3 aromatic rings. The van der Waals surface area contributed by atoms with Gasteiger partial charge in [-0.15, -0.1) is 0 Å². The Morgan fingerprint density at radius 1 is 1.09 bits per heavy atom. The molecule has 0 spiro atoms. The lowest BCUT2D eigenvalue weighted by Gasteiger charge is -2.17. The normalized spacial score (nSPS) is 14.2. The summed E-state index contributed by atoms with van der Waals surface area (Å²) in [7, 11) is 0. The maximum absolute atomic E-state index is 5.82. The largest absolute Gasteiger partial charge is 0.330 e. The number of rotatable bonds is 3. The summed E-state index contributed by atoms with van der Waals surface area (Å²) in [5.41, 5.74) is 14.7. The van der Waals surface area contributed by atoms with Gasteiger partial charge in [0, 0.05) is 18.2 Å². The van der Waals surface area contributed by atoms with Crippen LogP contribution >= 0.6 is 0 Å². The Balaban J connectivity index is 1.92. The first-order valence-corrected chi connectivity index (χ1v) is 8.56. The molecule has 2 heterocycles. The van der Waals surface area contributed by atoms with E-state index in [2.05, 4.69) is 47.9 Å². The summed E-state index contributed by atoms with van der Waals surface area (Å²) in [5, 5.41) is 0. The average molecular weight is 305 g/mol. The lowest BCUT2D eigenvalue weighted by molar-refractivity contribution is 0.686.